The van der Waals surface area contributed by atoms with Gasteiger partial charge in [-0.1, -0.05) is 158 Å². The molecule has 0 fully saturated rings. The van der Waals surface area contributed by atoms with Crippen LogP contribution in [0, 0.1) is 0 Å². The standard InChI is InChI=1S/C59H34N2O2/c1-3-13-35(14-4-1)39-19-11-21-47-53-57(62-55(39)47)41(29-31-60-53)37-25-27-45-46-28-26-38(34-52(46)59(51(45)33-37)49-23-9-7-17-43(49)44-18-8-10-24-50(44)59)42-30-32-61-54-48-22-12-20-40(56(48)63-58(42)54)36-15-5-2-6-16-36/h1-34H. The molecule has 0 bridgehead atoms. The Bertz CT molecular complexity index is 3610. The summed E-state index contributed by atoms with van der Waals surface area (Å²) in [5.74, 6) is 0. The van der Waals surface area contributed by atoms with Crippen LogP contribution in [0.25, 0.3) is 111 Å². The van der Waals surface area contributed by atoms with Crippen LogP contribution in [0.1, 0.15) is 22.3 Å². The van der Waals surface area contributed by atoms with Crippen molar-refractivity contribution in [1.29, 1.82) is 0 Å². The summed E-state index contributed by atoms with van der Waals surface area (Å²) >= 11 is 0. The molecule has 4 aromatic heterocycles. The summed E-state index contributed by atoms with van der Waals surface area (Å²) in [6.45, 7) is 0. The Hall–Kier alpha value is -8.34. The minimum atomic E-state index is -0.578. The van der Waals surface area contributed by atoms with E-state index in [4.69, 9.17) is 18.8 Å². The molecule has 0 amide bonds. The Morgan fingerprint density at radius 3 is 1.16 bits per heavy atom. The first-order chi connectivity index (χ1) is 31.3. The van der Waals surface area contributed by atoms with Gasteiger partial charge in [0.25, 0.3) is 0 Å². The van der Waals surface area contributed by atoms with Gasteiger partial charge in [-0.2, -0.15) is 0 Å². The van der Waals surface area contributed by atoms with Crippen molar-refractivity contribution in [3.63, 3.8) is 0 Å². The molecule has 4 heterocycles. The zero-order valence-corrected chi connectivity index (χ0v) is 33.8. The third-order valence-corrected chi connectivity index (χ3v) is 13.6. The van der Waals surface area contributed by atoms with E-state index in [-0.39, 0.29) is 0 Å². The third kappa shape index (κ3) is 4.64. The number of benzene rings is 8. The average molecular weight is 803 g/mol. The van der Waals surface area contributed by atoms with E-state index >= 15 is 0 Å². The molecule has 14 rings (SSSR count). The van der Waals surface area contributed by atoms with E-state index in [2.05, 4.69) is 182 Å². The summed E-state index contributed by atoms with van der Waals surface area (Å²) in [6, 6.07) is 69.7. The van der Waals surface area contributed by atoms with E-state index in [9.17, 15) is 0 Å². The fourth-order valence-corrected chi connectivity index (χ4v) is 11.0. The smallest absolute Gasteiger partial charge is 0.161 e. The summed E-state index contributed by atoms with van der Waals surface area (Å²) in [6.07, 6.45) is 3.84. The van der Waals surface area contributed by atoms with Gasteiger partial charge in [-0.15, -0.1) is 0 Å². The average Bonchev–Trinajstić information content (AvgIpc) is 4.09. The summed E-state index contributed by atoms with van der Waals surface area (Å²) in [5.41, 5.74) is 23.0. The molecule has 1 spiro atoms. The van der Waals surface area contributed by atoms with Gasteiger partial charge in [0, 0.05) is 45.4 Å². The molecule has 0 saturated carbocycles. The number of pyridine rings is 2. The number of hydrogen-bond acceptors (Lipinski definition) is 4. The van der Waals surface area contributed by atoms with Gasteiger partial charge in [0.2, 0.25) is 0 Å². The van der Waals surface area contributed by atoms with Crippen LogP contribution in [-0.2, 0) is 5.41 Å². The second-order valence-corrected chi connectivity index (χ2v) is 16.7. The Morgan fingerprint density at radius 2 is 0.683 bits per heavy atom. The number of aromatic nitrogens is 2. The van der Waals surface area contributed by atoms with E-state index in [0.717, 1.165) is 88.6 Å². The molecule has 0 radical (unpaired) electrons. The van der Waals surface area contributed by atoms with Gasteiger partial charge in [-0.3, -0.25) is 9.97 Å². The lowest BCUT2D eigenvalue weighted by molar-refractivity contribution is 0.670. The van der Waals surface area contributed by atoms with Crippen molar-refractivity contribution >= 4 is 44.1 Å². The van der Waals surface area contributed by atoms with Crippen molar-refractivity contribution < 1.29 is 8.83 Å². The van der Waals surface area contributed by atoms with E-state index in [0.29, 0.717) is 0 Å². The molecule has 2 aliphatic rings. The van der Waals surface area contributed by atoms with E-state index in [1.54, 1.807) is 0 Å². The highest BCUT2D eigenvalue weighted by atomic mass is 16.3. The zero-order valence-electron chi connectivity index (χ0n) is 33.8. The van der Waals surface area contributed by atoms with Crippen molar-refractivity contribution in [1.82, 2.24) is 9.97 Å². The van der Waals surface area contributed by atoms with Gasteiger partial charge >= 0.3 is 0 Å². The molecule has 63 heavy (non-hydrogen) atoms. The molecule has 4 heteroatoms. The lowest BCUT2D eigenvalue weighted by atomic mass is 9.70. The van der Waals surface area contributed by atoms with Crippen LogP contribution < -0.4 is 0 Å². The van der Waals surface area contributed by atoms with Gasteiger partial charge in [0.15, 0.2) is 11.2 Å². The molecule has 0 unspecified atom stereocenters. The number of hydrogen-bond donors (Lipinski definition) is 0. The molecule has 0 saturated heterocycles. The summed E-state index contributed by atoms with van der Waals surface area (Å²) in [7, 11) is 0. The normalized spacial score (nSPS) is 13.2. The van der Waals surface area contributed by atoms with Crippen LogP contribution in [0.3, 0.4) is 0 Å². The van der Waals surface area contributed by atoms with E-state index < -0.39 is 5.41 Å². The Balaban J connectivity index is 1.00. The summed E-state index contributed by atoms with van der Waals surface area (Å²) in [5, 5.41) is 2.02. The molecule has 0 aliphatic heterocycles. The van der Waals surface area contributed by atoms with Crippen LogP contribution in [0.4, 0.5) is 0 Å². The monoisotopic (exact) mass is 802 g/mol. The first-order valence-corrected chi connectivity index (χ1v) is 21.5. The maximum atomic E-state index is 6.91. The number of para-hydroxylation sites is 2. The van der Waals surface area contributed by atoms with Gasteiger partial charge in [-0.25, -0.2) is 0 Å². The minimum Gasteiger partial charge on any atom is -0.453 e. The lowest BCUT2D eigenvalue weighted by Crippen LogP contribution is -2.26. The lowest BCUT2D eigenvalue weighted by Gasteiger charge is -2.31. The highest BCUT2D eigenvalue weighted by molar-refractivity contribution is 6.13. The molecule has 2 aliphatic carbocycles. The Morgan fingerprint density at radius 1 is 0.286 bits per heavy atom. The fourth-order valence-electron chi connectivity index (χ4n) is 11.0. The SMILES string of the molecule is c1ccc(-c2cccc3c2oc2c(-c4ccc5c(c4)C4(c6ccccc6-c6ccccc64)c4cc(-c6ccnc7c6oc6c(-c8ccccc8)cccc67)ccc4-5)ccnc23)cc1. The maximum absolute atomic E-state index is 6.91. The molecular weight excluding hydrogens is 769 g/mol. The maximum Gasteiger partial charge on any atom is 0.161 e. The molecule has 292 valence electrons. The second-order valence-electron chi connectivity index (χ2n) is 16.7. The zero-order chi connectivity index (χ0) is 41.2. The van der Waals surface area contributed by atoms with Crippen molar-refractivity contribution in [2.24, 2.45) is 0 Å². The van der Waals surface area contributed by atoms with Crippen LogP contribution in [-0.4, -0.2) is 9.97 Å². The highest BCUT2D eigenvalue weighted by Crippen LogP contribution is 2.63. The van der Waals surface area contributed by atoms with Crippen molar-refractivity contribution in [3.8, 4) is 66.8 Å². The predicted molar refractivity (Wildman–Crippen MR) is 255 cm³/mol. The predicted octanol–water partition coefficient (Wildman–Crippen LogP) is 15.3. The highest BCUT2D eigenvalue weighted by Gasteiger charge is 2.52. The number of furan rings is 2. The molecular formula is C59H34N2O2. The van der Waals surface area contributed by atoms with Crippen LogP contribution in [0.15, 0.2) is 215 Å². The number of rotatable bonds is 4. The molecule has 12 aromatic rings. The Kier molecular flexibility index (Phi) is 7.01. The van der Waals surface area contributed by atoms with Crippen molar-refractivity contribution in [2.75, 3.05) is 0 Å². The number of fused-ring (bicyclic) bond motifs is 16. The molecule has 0 atom stereocenters. The van der Waals surface area contributed by atoms with Gasteiger partial charge in [0.1, 0.15) is 22.2 Å². The van der Waals surface area contributed by atoms with Crippen LogP contribution >= 0.6 is 0 Å². The minimum absolute atomic E-state index is 0.578. The first kappa shape index (κ1) is 34.4. The second kappa shape index (κ2) is 12.8. The van der Waals surface area contributed by atoms with Gasteiger partial charge < -0.3 is 8.83 Å². The largest absolute Gasteiger partial charge is 0.453 e. The summed E-state index contributed by atoms with van der Waals surface area (Å²) < 4.78 is 13.8. The van der Waals surface area contributed by atoms with E-state index in [1.807, 2.05) is 24.5 Å². The topological polar surface area (TPSA) is 52.1 Å². The molecule has 4 nitrogen and oxygen atoms in total. The quantitative estimate of drug-likeness (QED) is 0.178. The molecule has 8 aromatic carbocycles. The van der Waals surface area contributed by atoms with E-state index in [1.165, 1.54) is 44.5 Å². The first-order valence-electron chi connectivity index (χ1n) is 21.5. The third-order valence-electron chi connectivity index (χ3n) is 13.6. The molecule has 0 N–H and O–H groups in total. The van der Waals surface area contributed by atoms with Crippen LogP contribution in [0.2, 0.25) is 0 Å². The van der Waals surface area contributed by atoms with Gasteiger partial charge in [-0.05, 0) is 103 Å². The van der Waals surface area contributed by atoms with Crippen molar-refractivity contribution in [2.45, 2.75) is 5.41 Å². The van der Waals surface area contributed by atoms with Gasteiger partial charge in [0.05, 0.1) is 5.41 Å². The van der Waals surface area contributed by atoms with Crippen LogP contribution in [0.5, 0.6) is 0 Å². The fraction of sp³-hybridized carbons (Fsp3) is 0.0169. The van der Waals surface area contributed by atoms with Crippen molar-refractivity contribution in [3.05, 3.63) is 229 Å². The number of nitrogens with zero attached hydrogens (tertiary/aromatic N) is 2. The summed E-state index contributed by atoms with van der Waals surface area (Å²) in [4.78, 5) is 9.83. The Labute approximate surface area is 362 Å².